The van der Waals surface area contributed by atoms with Crippen LogP contribution >= 0.6 is 11.3 Å². The summed E-state index contributed by atoms with van der Waals surface area (Å²) in [6, 6.07) is 22.7. The average molecular weight is 303 g/mol. The smallest absolute Gasteiger partial charge is 0.204 e. The van der Waals surface area contributed by atoms with Gasteiger partial charge in [0.2, 0.25) is 5.13 Å². The molecule has 22 heavy (non-hydrogen) atoms. The molecule has 0 radical (unpaired) electrons. The van der Waals surface area contributed by atoms with Crippen LogP contribution in [0.3, 0.4) is 0 Å². The highest BCUT2D eigenvalue weighted by atomic mass is 32.1. The van der Waals surface area contributed by atoms with Gasteiger partial charge in [0.05, 0.1) is 16.4 Å². The van der Waals surface area contributed by atoms with Crippen molar-refractivity contribution in [3.05, 3.63) is 72.3 Å². The van der Waals surface area contributed by atoms with E-state index in [4.69, 9.17) is 0 Å². The lowest BCUT2D eigenvalue weighted by molar-refractivity contribution is 1.31. The van der Waals surface area contributed by atoms with E-state index in [0.29, 0.717) is 0 Å². The maximum absolute atomic E-state index is 4.49. The van der Waals surface area contributed by atoms with Gasteiger partial charge < -0.3 is 0 Å². The van der Waals surface area contributed by atoms with E-state index in [0.717, 1.165) is 20.9 Å². The second kappa shape index (κ2) is 5.58. The van der Waals surface area contributed by atoms with Crippen molar-refractivity contribution in [2.75, 3.05) is 5.43 Å². The molecule has 0 unspecified atom stereocenters. The fourth-order valence-corrected chi connectivity index (χ4v) is 3.19. The quantitative estimate of drug-likeness (QED) is 0.432. The van der Waals surface area contributed by atoms with E-state index in [1.54, 1.807) is 11.3 Å². The number of thiazole rings is 1. The lowest BCUT2D eigenvalue weighted by Crippen LogP contribution is -1.89. The van der Waals surface area contributed by atoms with Crippen molar-refractivity contribution in [3.8, 4) is 0 Å². The van der Waals surface area contributed by atoms with Gasteiger partial charge in [0.1, 0.15) is 0 Å². The van der Waals surface area contributed by atoms with Gasteiger partial charge >= 0.3 is 0 Å². The first kappa shape index (κ1) is 13.0. The molecule has 3 nitrogen and oxygen atoms in total. The molecule has 4 rings (SSSR count). The van der Waals surface area contributed by atoms with E-state index in [2.05, 4.69) is 51.9 Å². The van der Waals surface area contributed by atoms with Crippen molar-refractivity contribution in [3.63, 3.8) is 0 Å². The summed E-state index contributed by atoms with van der Waals surface area (Å²) in [6.07, 6.45) is 1.82. The van der Waals surface area contributed by atoms with E-state index in [1.165, 1.54) is 10.8 Å². The normalized spacial score (nSPS) is 11.5. The molecule has 0 saturated heterocycles. The first-order chi connectivity index (χ1) is 10.9. The lowest BCUT2D eigenvalue weighted by Gasteiger charge is -1.98. The number of hydrogen-bond donors (Lipinski definition) is 1. The monoisotopic (exact) mass is 303 g/mol. The zero-order valence-corrected chi connectivity index (χ0v) is 12.5. The minimum absolute atomic E-state index is 0.804. The molecule has 0 atom stereocenters. The van der Waals surface area contributed by atoms with Crippen molar-refractivity contribution in [2.24, 2.45) is 5.10 Å². The highest BCUT2D eigenvalue weighted by Crippen LogP contribution is 2.25. The molecule has 4 heteroatoms. The van der Waals surface area contributed by atoms with Crippen LogP contribution in [0.2, 0.25) is 0 Å². The Balaban J connectivity index is 1.55. The van der Waals surface area contributed by atoms with Crippen LogP contribution < -0.4 is 5.43 Å². The predicted molar refractivity (Wildman–Crippen MR) is 94.8 cm³/mol. The summed E-state index contributed by atoms with van der Waals surface area (Å²) in [7, 11) is 0. The number of aromatic nitrogens is 1. The van der Waals surface area contributed by atoms with Gasteiger partial charge in [-0.15, -0.1) is 0 Å². The highest BCUT2D eigenvalue weighted by molar-refractivity contribution is 7.22. The van der Waals surface area contributed by atoms with Gasteiger partial charge in [-0.1, -0.05) is 59.9 Å². The second-order valence-corrected chi connectivity index (χ2v) is 5.99. The SMILES string of the molecule is C(=N\Nc1nc2ccccc2s1)/c1ccc2ccccc2c1. The Hall–Kier alpha value is -2.72. The Morgan fingerprint density at radius 3 is 2.64 bits per heavy atom. The number of hydrazone groups is 1. The molecule has 0 aliphatic heterocycles. The Morgan fingerprint density at radius 1 is 0.909 bits per heavy atom. The maximum atomic E-state index is 4.49. The first-order valence-corrected chi connectivity index (χ1v) is 7.84. The molecule has 0 spiro atoms. The Kier molecular flexibility index (Phi) is 3.29. The summed E-state index contributed by atoms with van der Waals surface area (Å²) in [5.74, 6) is 0. The summed E-state index contributed by atoms with van der Waals surface area (Å²) < 4.78 is 1.16. The average Bonchev–Trinajstić information content (AvgIpc) is 2.97. The minimum Gasteiger partial charge on any atom is -0.253 e. The van der Waals surface area contributed by atoms with Crippen LogP contribution in [0.25, 0.3) is 21.0 Å². The molecule has 1 aromatic heterocycles. The molecule has 3 aromatic carbocycles. The maximum Gasteiger partial charge on any atom is 0.204 e. The van der Waals surface area contributed by atoms with Crippen LogP contribution in [0, 0.1) is 0 Å². The first-order valence-electron chi connectivity index (χ1n) is 7.02. The van der Waals surface area contributed by atoms with Crippen LogP contribution in [0.15, 0.2) is 71.8 Å². The van der Waals surface area contributed by atoms with Gasteiger partial charge in [0, 0.05) is 0 Å². The summed E-state index contributed by atoms with van der Waals surface area (Å²) in [5, 5.41) is 7.54. The number of benzene rings is 3. The van der Waals surface area contributed by atoms with Gasteiger partial charge in [-0.3, -0.25) is 5.43 Å². The van der Waals surface area contributed by atoms with Gasteiger partial charge in [0.15, 0.2) is 0 Å². The molecule has 0 amide bonds. The Morgan fingerprint density at radius 2 is 1.73 bits per heavy atom. The third-order valence-electron chi connectivity index (χ3n) is 3.44. The van der Waals surface area contributed by atoms with Crippen LogP contribution in [0.1, 0.15) is 5.56 Å². The van der Waals surface area contributed by atoms with E-state index < -0.39 is 0 Å². The van der Waals surface area contributed by atoms with Gasteiger partial charge in [0.25, 0.3) is 0 Å². The molecule has 0 aliphatic rings. The molecular weight excluding hydrogens is 290 g/mol. The van der Waals surface area contributed by atoms with Gasteiger partial charge in [-0.05, 0) is 34.5 Å². The number of hydrogen-bond acceptors (Lipinski definition) is 4. The zero-order chi connectivity index (χ0) is 14.8. The standard InChI is InChI=1S/C18H13N3S/c1-2-6-15-11-13(9-10-14(15)5-1)12-19-21-18-20-16-7-3-4-8-17(16)22-18/h1-12H,(H,20,21)/b19-12+. The molecular formula is C18H13N3S. The van der Waals surface area contributed by atoms with E-state index >= 15 is 0 Å². The molecule has 1 heterocycles. The minimum atomic E-state index is 0.804. The number of anilines is 1. The number of nitrogens with one attached hydrogen (secondary N) is 1. The largest absolute Gasteiger partial charge is 0.253 e. The Bertz CT molecular complexity index is 939. The fraction of sp³-hybridized carbons (Fsp3) is 0. The summed E-state index contributed by atoms with van der Waals surface area (Å²) in [6.45, 7) is 0. The molecule has 0 saturated carbocycles. The number of para-hydroxylation sites is 1. The molecule has 0 aliphatic carbocycles. The fourth-order valence-electron chi connectivity index (χ4n) is 2.37. The molecule has 4 aromatic rings. The highest BCUT2D eigenvalue weighted by Gasteiger charge is 2.00. The van der Waals surface area contributed by atoms with Crippen LogP contribution in [-0.2, 0) is 0 Å². The van der Waals surface area contributed by atoms with Crippen molar-refractivity contribution in [2.45, 2.75) is 0 Å². The number of rotatable bonds is 3. The van der Waals surface area contributed by atoms with Gasteiger partial charge in [-0.25, -0.2) is 4.98 Å². The zero-order valence-electron chi connectivity index (χ0n) is 11.7. The summed E-state index contributed by atoms with van der Waals surface area (Å²) in [5.41, 5.74) is 5.07. The number of fused-ring (bicyclic) bond motifs is 2. The van der Waals surface area contributed by atoms with Crippen LogP contribution in [0.5, 0.6) is 0 Å². The van der Waals surface area contributed by atoms with Crippen molar-refractivity contribution in [1.29, 1.82) is 0 Å². The Labute approximate surface area is 131 Å². The van der Waals surface area contributed by atoms with Crippen LogP contribution in [0.4, 0.5) is 5.13 Å². The lowest BCUT2D eigenvalue weighted by atomic mass is 10.1. The second-order valence-electron chi connectivity index (χ2n) is 4.96. The van der Waals surface area contributed by atoms with Crippen molar-refractivity contribution in [1.82, 2.24) is 4.98 Å². The predicted octanol–water partition coefficient (Wildman–Crippen LogP) is 4.90. The van der Waals surface area contributed by atoms with Crippen molar-refractivity contribution >= 4 is 43.7 Å². The van der Waals surface area contributed by atoms with Crippen LogP contribution in [-0.4, -0.2) is 11.2 Å². The van der Waals surface area contributed by atoms with Crippen molar-refractivity contribution < 1.29 is 0 Å². The third-order valence-corrected chi connectivity index (χ3v) is 4.38. The number of nitrogens with zero attached hydrogens (tertiary/aromatic N) is 2. The van der Waals surface area contributed by atoms with E-state index in [1.807, 2.05) is 36.5 Å². The van der Waals surface area contributed by atoms with E-state index in [-0.39, 0.29) is 0 Å². The van der Waals surface area contributed by atoms with Gasteiger partial charge in [-0.2, -0.15) is 5.10 Å². The topological polar surface area (TPSA) is 37.3 Å². The summed E-state index contributed by atoms with van der Waals surface area (Å²) >= 11 is 1.60. The molecule has 106 valence electrons. The summed E-state index contributed by atoms with van der Waals surface area (Å²) in [4.78, 5) is 4.49. The molecule has 1 N–H and O–H groups in total. The van der Waals surface area contributed by atoms with E-state index in [9.17, 15) is 0 Å². The molecule has 0 bridgehead atoms. The molecule has 0 fully saturated rings. The third kappa shape index (κ3) is 2.56.